The molecular formula is C13H24N2O. The molecule has 2 unspecified atom stereocenters. The molecule has 92 valence electrons. The predicted molar refractivity (Wildman–Crippen MR) is 66.0 cm³/mol. The van der Waals surface area contributed by atoms with E-state index in [4.69, 9.17) is 5.21 Å². The minimum absolute atomic E-state index is 0.478. The Morgan fingerprint density at radius 3 is 2.75 bits per heavy atom. The van der Waals surface area contributed by atoms with Gasteiger partial charge in [-0.05, 0) is 45.1 Å². The molecule has 2 atom stereocenters. The first-order valence-corrected chi connectivity index (χ1v) is 6.70. The first kappa shape index (κ1) is 11.9. The standard InChI is InChI=1S/C13H24N2O/c1-3-13(4-2)7-5-12-9-11(10-14-16)6-8-15(12)13/h10-12,16H,3-9H2,1-2H3. The van der Waals surface area contributed by atoms with Gasteiger partial charge >= 0.3 is 0 Å². The van der Waals surface area contributed by atoms with Crippen molar-refractivity contribution in [1.82, 2.24) is 4.90 Å². The number of rotatable bonds is 3. The van der Waals surface area contributed by atoms with E-state index in [0.29, 0.717) is 11.5 Å². The summed E-state index contributed by atoms with van der Waals surface area (Å²) in [5.74, 6) is 0.496. The molecule has 2 rings (SSSR count). The highest BCUT2D eigenvalue weighted by molar-refractivity contribution is 5.60. The van der Waals surface area contributed by atoms with Gasteiger partial charge in [-0.1, -0.05) is 13.8 Å². The van der Waals surface area contributed by atoms with Gasteiger partial charge in [0.15, 0.2) is 0 Å². The fourth-order valence-electron chi connectivity index (χ4n) is 3.80. The highest BCUT2D eigenvalue weighted by Crippen LogP contribution is 2.43. The number of piperidine rings is 1. The first-order valence-electron chi connectivity index (χ1n) is 6.70. The van der Waals surface area contributed by atoms with Crippen LogP contribution in [0.25, 0.3) is 0 Å². The molecule has 0 aliphatic carbocycles. The molecule has 2 aliphatic rings. The maximum atomic E-state index is 8.61. The van der Waals surface area contributed by atoms with Crippen LogP contribution in [0, 0.1) is 5.92 Å². The summed E-state index contributed by atoms with van der Waals surface area (Å²) in [6, 6.07) is 0.733. The average molecular weight is 224 g/mol. The van der Waals surface area contributed by atoms with E-state index in [1.807, 2.05) is 0 Å². The maximum Gasteiger partial charge on any atom is 0.0467 e. The lowest BCUT2D eigenvalue weighted by atomic mass is 9.88. The zero-order chi connectivity index (χ0) is 11.6. The Morgan fingerprint density at radius 1 is 1.38 bits per heavy atom. The number of hydrogen-bond acceptors (Lipinski definition) is 3. The zero-order valence-corrected chi connectivity index (χ0v) is 10.5. The summed E-state index contributed by atoms with van der Waals surface area (Å²) in [4.78, 5) is 2.74. The minimum Gasteiger partial charge on any atom is -0.411 e. The van der Waals surface area contributed by atoms with Crippen molar-refractivity contribution in [3.8, 4) is 0 Å². The Hall–Kier alpha value is -0.570. The van der Waals surface area contributed by atoms with E-state index in [1.165, 1.54) is 38.6 Å². The lowest BCUT2D eigenvalue weighted by Crippen LogP contribution is -2.50. The van der Waals surface area contributed by atoms with E-state index >= 15 is 0 Å². The average Bonchev–Trinajstić information content (AvgIpc) is 2.68. The van der Waals surface area contributed by atoms with E-state index in [1.54, 1.807) is 6.21 Å². The van der Waals surface area contributed by atoms with Crippen molar-refractivity contribution in [2.24, 2.45) is 11.1 Å². The van der Waals surface area contributed by atoms with Gasteiger partial charge in [0.1, 0.15) is 0 Å². The van der Waals surface area contributed by atoms with E-state index in [9.17, 15) is 0 Å². The lowest BCUT2D eigenvalue weighted by molar-refractivity contribution is 0.0561. The van der Waals surface area contributed by atoms with Crippen LogP contribution in [-0.4, -0.2) is 34.4 Å². The van der Waals surface area contributed by atoms with Crippen LogP contribution in [0.15, 0.2) is 5.16 Å². The Morgan fingerprint density at radius 2 is 2.12 bits per heavy atom. The van der Waals surface area contributed by atoms with Crippen LogP contribution in [0.3, 0.4) is 0 Å². The number of hydrogen-bond donors (Lipinski definition) is 1. The summed E-state index contributed by atoms with van der Waals surface area (Å²) >= 11 is 0. The van der Waals surface area contributed by atoms with Crippen LogP contribution in [0.1, 0.15) is 52.4 Å². The molecule has 2 saturated heterocycles. The summed E-state index contributed by atoms with van der Waals surface area (Å²) < 4.78 is 0. The highest BCUT2D eigenvalue weighted by Gasteiger charge is 2.45. The van der Waals surface area contributed by atoms with Crippen molar-refractivity contribution in [3.63, 3.8) is 0 Å². The Balaban J connectivity index is 2.05. The van der Waals surface area contributed by atoms with Crippen LogP contribution in [0.2, 0.25) is 0 Å². The van der Waals surface area contributed by atoms with Gasteiger partial charge in [0, 0.05) is 23.7 Å². The first-order chi connectivity index (χ1) is 7.75. The SMILES string of the molecule is CCC1(CC)CCC2CC(C=NO)CCN21. The van der Waals surface area contributed by atoms with Crippen molar-refractivity contribution in [3.05, 3.63) is 0 Å². The van der Waals surface area contributed by atoms with Gasteiger partial charge in [-0.2, -0.15) is 0 Å². The molecule has 1 N–H and O–H groups in total. The minimum atomic E-state index is 0.478. The maximum absolute atomic E-state index is 8.61. The lowest BCUT2D eigenvalue weighted by Gasteiger charge is -2.44. The fraction of sp³-hybridized carbons (Fsp3) is 0.923. The van der Waals surface area contributed by atoms with Crippen molar-refractivity contribution in [2.75, 3.05) is 6.54 Å². The van der Waals surface area contributed by atoms with Crippen molar-refractivity contribution < 1.29 is 5.21 Å². The molecule has 2 heterocycles. The summed E-state index contributed by atoms with van der Waals surface area (Å²) in [6.45, 7) is 5.84. The molecule has 0 spiro atoms. The van der Waals surface area contributed by atoms with Crippen molar-refractivity contribution in [2.45, 2.75) is 64.0 Å². The number of oxime groups is 1. The van der Waals surface area contributed by atoms with Crippen LogP contribution >= 0.6 is 0 Å². The molecular weight excluding hydrogens is 200 g/mol. The van der Waals surface area contributed by atoms with E-state index in [-0.39, 0.29) is 0 Å². The summed E-state index contributed by atoms with van der Waals surface area (Å²) in [5.41, 5.74) is 0.478. The molecule has 3 nitrogen and oxygen atoms in total. The highest BCUT2D eigenvalue weighted by atomic mass is 16.4. The molecule has 0 saturated carbocycles. The molecule has 0 aromatic rings. The third-order valence-electron chi connectivity index (χ3n) is 4.90. The van der Waals surface area contributed by atoms with Gasteiger partial charge in [-0.25, -0.2) is 0 Å². The van der Waals surface area contributed by atoms with Gasteiger partial charge < -0.3 is 5.21 Å². The van der Waals surface area contributed by atoms with Gasteiger partial charge in [-0.15, -0.1) is 5.16 Å². The second-order valence-corrected chi connectivity index (χ2v) is 5.37. The van der Waals surface area contributed by atoms with E-state index < -0.39 is 0 Å². The third kappa shape index (κ3) is 1.86. The Bertz CT molecular complexity index is 261. The second kappa shape index (κ2) is 4.74. The molecule has 0 aromatic heterocycles. The third-order valence-corrected chi connectivity index (χ3v) is 4.90. The largest absolute Gasteiger partial charge is 0.411 e. The summed E-state index contributed by atoms with van der Waals surface area (Å²) in [5, 5.41) is 11.8. The molecule has 3 heteroatoms. The Labute approximate surface area is 98.5 Å². The molecule has 2 fully saturated rings. The van der Waals surface area contributed by atoms with Gasteiger partial charge in [0.25, 0.3) is 0 Å². The predicted octanol–water partition coefficient (Wildman–Crippen LogP) is 2.88. The van der Waals surface area contributed by atoms with Gasteiger partial charge in [0.2, 0.25) is 0 Å². The van der Waals surface area contributed by atoms with Crippen LogP contribution < -0.4 is 0 Å². The summed E-state index contributed by atoms with van der Waals surface area (Å²) in [6.07, 6.45) is 9.31. The molecule has 0 amide bonds. The van der Waals surface area contributed by atoms with Gasteiger partial charge in [-0.3, -0.25) is 4.90 Å². The van der Waals surface area contributed by atoms with Crippen LogP contribution in [0.5, 0.6) is 0 Å². The van der Waals surface area contributed by atoms with Crippen LogP contribution in [0.4, 0.5) is 0 Å². The van der Waals surface area contributed by atoms with Gasteiger partial charge in [0.05, 0.1) is 0 Å². The molecule has 0 aromatic carbocycles. The molecule has 0 bridgehead atoms. The van der Waals surface area contributed by atoms with E-state index in [0.717, 1.165) is 12.5 Å². The quantitative estimate of drug-likeness (QED) is 0.454. The number of fused-ring (bicyclic) bond motifs is 1. The fourth-order valence-corrected chi connectivity index (χ4v) is 3.80. The smallest absolute Gasteiger partial charge is 0.0467 e. The monoisotopic (exact) mass is 224 g/mol. The summed E-state index contributed by atoms with van der Waals surface area (Å²) in [7, 11) is 0. The second-order valence-electron chi connectivity index (χ2n) is 5.37. The van der Waals surface area contributed by atoms with Crippen LogP contribution in [-0.2, 0) is 0 Å². The molecule has 0 radical (unpaired) electrons. The normalized spacial score (nSPS) is 34.4. The topological polar surface area (TPSA) is 35.8 Å². The number of nitrogens with zero attached hydrogens (tertiary/aromatic N) is 2. The van der Waals surface area contributed by atoms with E-state index in [2.05, 4.69) is 23.9 Å². The molecule has 2 aliphatic heterocycles. The Kier molecular flexibility index (Phi) is 3.53. The van der Waals surface area contributed by atoms with Crippen molar-refractivity contribution >= 4 is 6.21 Å². The van der Waals surface area contributed by atoms with Crippen molar-refractivity contribution in [1.29, 1.82) is 0 Å². The zero-order valence-electron chi connectivity index (χ0n) is 10.5. The molecule has 16 heavy (non-hydrogen) atoms.